The van der Waals surface area contributed by atoms with Crippen LogP contribution in [0.3, 0.4) is 0 Å². The lowest BCUT2D eigenvalue weighted by Gasteiger charge is -2.35. The predicted octanol–water partition coefficient (Wildman–Crippen LogP) is 1.80. The minimum absolute atomic E-state index is 0.516. The third-order valence-electron chi connectivity index (χ3n) is 4.98. The fourth-order valence-corrected chi connectivity index (χ4v) is 3.62. The SMILES string of the molecule is CN=C(NCCCn1nc(C)cc1C)NCC(CC(C)C)N1CCOCC1. The zero-order valence-corrected chi connectivity index (χ0v) is 17.8. The van der Waals surface area contributed by atoms with Gasteiger partial charge in [-0.05, 0) is 38.7 Å². The molecule has 1 atom stereocenters. The average Bonchev–Trinajstić information content (AvgIpc) is 2.97. The summed E-state index contributed by atoms with van der Waals surface area (Å²) in [5, 5.41) is 11.5. The summed E-state index contributed by atoms with van der Waals surface area (Å²) < 4.78 is 7.58. The molecule has 0 aromatic carbocycles. The molecule has 1 aromatic rings. The van der Waals surface area contributed by atoms with Crippen LogP contribution < -0.4 is 10.6 Å². The highest BCUT2D eigenvalue weighted by Gasteiger charge is 2.22. The van der Waals surface area contributed by atoms with E-state index in [0.29, 0.717) is 12.0 Å². The number of ether oxygens (including phenoxy) is 1. The van der Waals surface area contributed by atoms with Crippen molar-refractivity contribution in [3.8, 4) is 0 Å². The van der Waals surface area contributed by atoms with Crippen molar-refractivity contribution < 1.29 is 4.74 Å². The first-order valence-electron chi connectivity index (χ1n) is 10.3. The van der Waals surface area contributed by atoms with Crippen molar-refractivity contribution >= 4 is 5.96 Å². The van der Waals surface area contributed by atoms with E-state index in [2.05, 4.69) is 57.1 Å². The van der Waals surface area contributed by atoms with Gasteiger partial charge in [0.25, 0.3) is 0 Å². The first-order chi connectivity index (χ1) is 13.0. The number of aromatic nitrogens is 2. The quantitative estimate of drug-likeness (QED) is 0.390. The first kappa shape index (κ1) is 21.7. The van der Waals surface area contributed by atoms with Crippen LogP contribution in [0.1, 0.15) is 38.1 Å². The lowest BCUT2D eigenvalue weighted by atomic mass is 10.0. The Balaban J connectivity index is 1.74. The summed E-state index contributed by atoms with van der Waals surface area (Å²) in [5.41, 5.74) is 2.30. The lowest BCUT2D eigenvalue weighted by molar-refractivity contribution is 0.0132. The summed E-state index contributed by atoms with van der Waals surface area (Å²) in [7, 11) is 1.84. The summed E-state index contributed by atoms with van der Waals surface area (Å²) in [6.45, 7) is 15.2. The molecule has 0 saturated carbocycles. The van der Waals surface area contributed by atoms with Crippen molar-refractivity contribution in [2.45, 2.75) is 53.1 Å². The van der Waals surface area contributed by atoms with Gasteiger partial charge in [-0.1, -0.05) is 13.8 Å². The molecule has 2 heterocycles. The van der Waals surface area contributed by atoms with Crippen molar-refractivity contribution in [1.29, 1.82) is 0 Å². The Kier molecular flexibility index (Phi) is 9.07. The third kappa shape index (κ3) is 7.50. The van der Waals surface area contributed by atoms with Crippen LogP contribution in [0, 0.1) is 19.8 Å². The summed E-state index contributed by atoms with van der Waals surface area (Å²) in [4.78, 5) is 6.93. The molecule has 0 radical (unpaired) electrons. The van der Waals surface area contributed by atoms with Crippen LogP contribution in [0.25, 0.3) is 0 Å². The number of nitrogens with zero attached hydrogens (tertiary/aromatic N) is 4. The van der Waals surface area contributed by atoms with Gasteiger partial charge in [0.15, 0.2) is 5.96 Å². The van der Waals surface area contributed by atoms with E-state index in [-0.39, 0.29) is 0 Å². The highest BCUT2D eigenvalue weighted by molar-refractivity contribution is 5.79. The van der Waals surface area contributed by atoms with E-state index in [9.17, 15) is 0 Å². The number of aryl methyl sites for hydroxylation is 3. The predicted molar refractivity (Wildman–Crippen MR) is 111 cm³/mol. The largest absolute Gasteiger partial charge is 0.379 e. The number of rotatable bonds is 9. The zero-order valence-electron chi connectivity index (χ0n) is 17.8. The second-order valence-corrected chi connectivity index (χ2v) is 7.82. The van der Waals surface area contributed by atoms with E-state index in [4.69, 9.17) is 4.74 Å². The van der Waals surface area contributed by atoms with Gasteiger partial charge >= 0.3 is 0 Å². The molecule has 1 aromatic heterocycles. The topological polar surface area (TPSA) is 66.7 Å². The molecule has 0 bridgehead atoms. The molecule has 0 aliphatic carbocycles. The number of aliphatic imine (C=N–C) groups is 1. The van der Waals surface area contributed by atoms with Gasteiger partial charge in [-0.2, -0.15) is 5.10 Å². The number of hydrogen-bond acceptors (Lipinski definition) is 4. The van der Waals surface area contributed by atoms with Crippen molar-refractivity contribution in [2.75, 3.05) is 46.4 Å². The third-order valence-corrected chi connectivity index (χ3v) is 4.98. The molecular formula is C20H38N6O. The van der Waals surface area contributed by atoms with Crippen LogP contribution in [-0.2, 0) is 11.3 Å². The molecule has 7 nitrogen and oxygen atoms in total. The highest BCUT2D eigenvalue weighted by Crippen LogP contribution is 2.13. The van der Waals surface area contributed by atoms with Gasteiger partial charge < -0.3 is 15.4 Å². The Hall–Kier alpha value is -1.60. The molecule has 0 amide bonds. The summed E-state index contributed by atoms with van der Waals surface area (Å²) in [6, 6.07) is 2.64. The molecule has 0 spiro atoms. The molecular weight excluding hydrogens is 340 g/mol. The minimum Gasteiger partial charge on any atom is -0.379 e. The maximum atomic E-state index is 5.51. The van der Waals surface area contributed by atoms with Gasteiger partial charge in [-0.3, -0.25) is 14.6 Å². The van der Waals surface area contributed by atoms with Gasteiger partial charge in [0.05, 0.1) is 18.9 Å². The van der Waals surface area contributed by atoms with Gasteiger partial charge in [-0.25, -0.2) is 0 Å². The Morgan fingerprint density at radius 2 is 2.00 bits per heavy atom. The Bertz CT molecular complexity index is 577. The number of nitrogens with one attached hydrogen (secondary N) is 2. The van der Waals surface area contributed by atoms with Crippen LogP contribution >= 0.6 is 0 Å². The van der Waals surface area contributed by atoms with Crippen LogP contribution in [0.15, 0.2) is 11.1 Å². The van der Waals surface area contributed by atoms with Crippen molar-refractivity contribution in [3.05, 3.63) is 17.5 Å². The molecule has 27 heavy (non-hydrogen) atoms. The monoisotopic (exact) mass is 378 g/mol. The fraction of sp³-hybridized carbons (Fsp3) is 0.800. The molecule has 1 aliphatic rings. The number of guanidine groups is 1. The smallest absolute Gasteiger partial charge is 0.191 e. The van der Waals surface area contributed by atoms with E-state index < -0.39 is 0 Å². The highest BCUT2D eigenvalue weighted by atomic mass is 16.5. The molecule has 2 N–H and O–H groups in total. The van der Waals surface area contributed by atoms with Crippen LogP contribution in [0.4, 0.5) is 0 Å². The fourth-order valence-electron chi connectivity index (χ4n) is 3.62. The maximum absolute atomic E-state index is 5.51. The average molecular weight is 379 g/mol. The Morgan fingerprint density at radius 3 is 2.59 bits per heavy atom. The van der Waals surface area contributed by atoms with Crippen molar-refractivity contribution in [1.82, 2.24) is 25.3 Å². The zero-order chi connectivity index (χ0) is 19.6. The van der Waals surface area contributed by atoms with Gasteiger partial charge in [0.1, 0.15) is 0 Å². The molecule has 1 aliphatic heterocycles. The molecule has 1 saturated heterocycles. The van der Waals surface area contributed by atoms with Crippen LogP contribution in [-0.4, -0.2) is 73.1 Å². The normalized spacial score (nSPS) is 17.3. The lowest BCUT2D eigenvalue weighted by Crippen LogP contribution is -2.51. The van der Waals surface area contributed by atoms with Gasteiger partial charge in [0.2, 0.25) is 0 Å². The molecule has 1 fully saturated rings. The minimum atomic E-state index is 0.516. The van der Waals surface area contributed by atoms with E-state index in [0.717, 1.165) is 64.0 Å². The molecule has 154 valence electrons. The van der Waals surface area contributed by atoms with E-state index in [1.165, 1.54) is 12.1 Å². The Labute approximate surface area is 164 Å². The number of hydrogen-bond donors (Lipinski definition) is 2. The molecule has 2 rings (SSSR count). The summed E-state index contributed by atoms with van der Waals surface area (Å²) in [5.74, 6) is 1.56. The van der Waals surface area contributed by atoms with E-state index >= 15 is 0 Å². The number of morpholine rings is 1. The van der Waals surface area contributed by atoms with Gasteiger partial charge in [0, 0.05) is 51.5 Å². The second kappa shape index (κ2) is 11.3. The van der Waals surface area contributed by atoms with Gasteiger partial charge in [-0.15, -0.1) is 0 Å². The standard InChI is InChI=1S/C20H38N6O/c1-16(2)13-19(25-9-11-27-12-10-25)15-23-20(21-5)22-7-6-8-26-18(4)14-17(3)24-26/h14,16,19H,6-13,15H2,1-5H3,(H2,21,22,23). The first-order valence-corrected chi connectivity index (χ1v) is 10.3. The van der Waals surface area contributed by atoms with Crippen LogP contribution in [0.2, 0.25) is 0 Å². The van der Waals surface area contributed by atoms with Crippen molar-refractivity contribution in [2.24, 2.45) is 10.9 Å². The molecule has 7 heteroatoms. The Morgan fingerprint density at radius 1 is 1.26 bits per heavy atom. The maximum Gasteiger partial charge on any atom is 0.191 e. The van der Waals surface area contributed by atoms with E-state index in [1.807, 2.05) is 14.0 Å². The van der Waals surface area contributed by atoms with Crippen molar-refractivity contribution in [3.63, 3.8) is 0 Å². The summed E-state index contributed by atoms with van der Waals surface area (Å²) >= 11 is 0. The van der Waals surface area contributed by atoms with Crippen LogP contribution in [0.5, 0.6) is 0 Å². The second-order valence-electron chi connectivity index (χ2n) is 7.82. The van der Waals surface area contributed by atoms with E-state index in [1.54, 1.807) is 0 Å². The summed E-state index contributed by atoms with van der Waals surface area (Å²) in [6.07, 6.45) is 2.20. The molecule has 1 unspecified atom stereocenters.